The van der Waals surface area contributed by atoms with Crippen molar-refractivity contribution in [2.75, 3.05) is 33.5 Å². The van der Waals surface area contributed by atoms with Crippen LogP contribution in [0.15, 0.2) is 47.4 Å². The van der Waals surface area contributed by atoms with E-state index < -0.39 is 0 Å². The van der Waals surface area contributed by atoms with Gasteiger partial charge in [0.15, 0.2) is 16.7 Å². The Kier molecular flexibility index (Phi) is 7.75. The number of methoxy groups -OCH3 is 1. The number of ether oxygens (including phenoxy) is 4. The van der Waals surface area contributed by atoms with Crippen LogP contribution in [0.5, 0.6) is 17.2 Å². The van der Waals surface area contributed by atoms with Crippen LogP contribution in [0.2, 0.25) is 0 Å². The van der Waals surface area contributed by atoms with Crippen molar-refractivity contribution in [1.82, 2.24) is 5.32 Å². The van der Waals surface area contributed by atoms with Crippen LogP contribution in [0.1, 0.15) is 11.1 Å². The molecule has 1 fully saturated rings. The molecule has 1 saturated heterocycles. The molecule has 0 aromatic heterocycles. The maximum atomic E-state index is 11.7. The summed E-state index contributed by atoms with van der Waals surface area (Å²) in [7, 11) is 1.56. The lowest BCUT2D eigenvalue weighted by molar-refractivity contribution is -0.115. The number of para-hydroxylation sites is 1. The van der Waals surface area contributed by atoms with E-state index in [-0.39, 0.29) is 11.1 Å². The highest BCUT2D eigenvalue weighted by atomic mass is 32.2. The van der Waals surface area contributed by atoms with E-state index in [1.807, 2.05) is 37.3 Å². The van der Waals surface area contributed by atoms with Gasteiger partial charge in [0.05, 0.1) is 25.2 Å². The topological polar surface area (TPSA) is 89.9 Å². The number of amidine groups is 1. The molecule has 30 heavy (non-hydrogen) atoms. The van der Waals surface area contributed by atoms with Gasteiger partial charge in [-0.2, -0.15) is 0 Å². The first kappa shape index (κ1) is 21.7. The molecule has 0 spiro atoms. The predicted molar refractivity (Wildman–Crippen MR) is 117 cm³/mol. The van der Waals surface area contributed by atoms with Crippen molar-refractivity contribution in [3.05, 3.63) is 58.5 Å². The third kappa shape index (κ3) is 6.01. The first-order chi connectivity index (χ1) is 14.6. The molecular weight excluding hydrogens is 404 g/mol. The van der Waals surface area contributed by atoms with Gasteiger partial charge < -0.3 is 24.3 Å². The van der Waals surface area contributed by atoms with Crippen LogP contribution in [0.3, 0.4) is 0 Å². The average molecular weight is 429 g/mol. The zero-order chi connectivity index (χ0) is 21.3. The highest BCUT2D eigenvalue weighted by Gasteiger charge is 2.22. The van der Waals surface area contributed by atoms with Gasteiger partial charge in [0.1, 0.15) is 19.0 Å². The Morgan fingerprint density at radius 2 is 1.73 bits per heavy atom. The molecule has 2 N–H and O–H groups in total. The number of amides is 1. The summed E-state index contributed by atoms with van der Waals surface area (Å²) in [6.45, 7) is 3.74. The molecule has 0 saturated carbocycles. The molecule has 158 valence electrons. The standard InChI is InChI=1S/C22H24N2O5S/c1-15-5-3-4-6-17(15)28-11-9-27-10-12-29-18-8-7-16(13-19(18)26-2)14-20-21(25)24-22(23)30-20/h3-8,13-14H,9-12H2,1-2H3,(H2,23,24,25)/b20-14-. The zero-order valence-corrected chi connectivity index (χ0v) is 17.7. The van der Waals surface area contributed by atoms with Crippen LogP contribution in [0, 0.1) is 12.3 Å². The number of carbonyl (C=O) groups is 1. The molecule has 0 aliphatic carbocycles. The predicted octanol–water partition coefficient (Wildman–Crippen LogP) is 3.62. The van der Waals surface area contributed by atoms with Crippen LogP contribution >= 0.6 is 11.8 Å². The van der Waals surface area contributed by atoms with Crippen LogP contribution in [-0.4, -0.2) is 44.6 Å². The number of rotatable bonds is 10. The SMILES string of the molecule is COc1cc(/C=C2\SC(=N)NC2=O)ccc1OCCOCCOc1ccccc1C. The van der Waals surface area contributed by atoms with E-state index in [1.165, 1.54) is 0 Å². The van der Waals surface area contributed by atoms with Crippen LogP contribution < -0.4 is 19.5 Å². The lowest BCUT2D eigenvalue weighted by Crippen LogP contribution is -2.18. The lowest BCUT2D eigenvalue weighted by atomic mass is 10.2. The van der Waals surface area contributed by atoms with Gasteiger partial charge in [-0.15, -0.1) is 0 Å². The molecular formula is C22H24N2O5S. The van der Waals surface area contributed by atoms with Crippen LogP contribution in [0.4, 0.5) is 0 Å². The molecule has 0 bridgehead atoms. The summed E-state index contributed by atoms with van der Waals surface area (Å²) < 4.78 is 22.4. The van der Waals surface area contributed by atoms with E-state index in [9.17, 15) is 4.79 Å². The monoisotopic (exact) mass is 428 g/mol. The smallest absolute Gasteiger partial charge is 0.264 e. The summed E-state index contributed by atoms with van der Waals surface area (Å²) in [6, 6.07) is 13.3. The van der Waals surface area contributed by atoms with E-state index in [0.717, 1.165) is 28.6 Å². The Labute approximate surface area is 179 Å². The summed E-state index contributed by atoms with van der Waals surface area (Å²) in [6.07, 6.45) is 1.71. The number of carbonyl (C=O) groups excluding carboxylic acids is 1. The molecule has 0 unspecified atom stereocenters. The maximum Gasteiger partial charge on any atom is 0.264 e. The number of benzene rings is 2. The molecule has 7 nitrogen and oxygen atoms in total. The quantitative estimate of drug-likeness (QED) is 0.444. The molecule has 0 atom stereocenters. The van der Waals surface area contributed by atoms with Gasteiger partial charge in [-0.05, 0) is 54.1 Å². The van der Waals surface area contributed by atoms with Gasteiger partial charge in [0.25, 0.3) is 5.91 Å². The van der Waals surface area contributed by atoms with E-state index in [4.69, 9.17) is 24.4 Å². The fourth-order valence-electron chi connectivity index (χ4n) is 2.73. The summed E-state index contributed by atoms with van der Waals surface area (Å²) in [4.78, 5) is 12.2. The average Bonchev–Trinajstić information content (AvgIpc) is 3.05. The molecule has 1 amide bonds. The van der Waals surface area contributed by atoms with Crippen molar-refractivity contribution in [3.63, 3.8) is 0 Å². The normalized spacial score (nSPS) is 14.7. The van der Waals surface area contributed by atoms with Crippen molar-refractivity contribution < 1.29 is 23.7 Å². The largest absolute Gasteiger partial charge is 0.493 e. The Bertz CT molecular complexity index is 945. The van der Waals surface area contributed by atoms with Crippen molar-refractivity contribution in [2.45, 2.75) is 6.92 Å². The second-order valence-corrected chi connectivity index (χ2v) is 7.43. The molecule has 1 heterocycles. The highest BCUT2D eigenvalue weighted by Crippen LogP contribution is 2.31. The number of hydrogen-bond acceptors (Lipinski definition) is 7. The van der Waals surface area contributed by atoms with E-state index in [0.29, 0.717) is 42.8 Å². The van der Waals surface area contributed by atoms with Crippen molar-refractivity contribution in [3.8, 4) is 17.2 Å². The Morgan fingerprint density at radius 3 is 2.40 bits per heavy atom. The van der Waals surface area contributed by atoms with Crippen molar-refractivity contribution in [2.24, 2.45) is 0 Å². The summed E-state index contributed by atoms with van der Waals surface area (Å²) >= 11 is 1.09. The molecule has 3 rings (SSSR count). The second kappa shape index (κ2) is 10.7. The molecule has 8 heteroatoms. The minimum atomic E-state index is -0.271. The number of nitrogens with one attached hydrogen (secondary N) is 2. The first-order valence-corrected chi connectivity index (χ1v) is 10.2. The number of thioether (sulfide) groups is 1. The van der Waals surface area contributed by atoms with E-state index in [1.54, 1.807) is 25.3 Å². The van der Waals surface area contributed by atoms with Gasteiger partial charge in [-0.3, -0.25) is 10.2 Å². The molecule has 2 aromatic carbocycles. The van der Waals surface area contributed by atoms with Crippen LogP contribution in [0.25, 0.3) is 6.08 Å². The minimum absolute atomic E-state index is 0.127. The van der Waals surface area contributed by atoms with Gasteiger partial charge in [-0.25, -0.2) is 0 Å². The third-order valence-electron chi connectivity index (χ3n) is 4.21. The van der Waals surface area contributed by atoms with Crippen molar-refractivity contribution >= 4 is 28.9 Å². The molecule has 1 aliphatic rings. The van der Waals surface area contributed by atoms with Crippen molar-refractivity contribution in [1.29, 1.82) is 5.41 Å². The fraction of sp³-hybridized carbons (Fsp3) is 0.273. The Balaban J connectivity index is 1.43. The minimum Gasteiger partial charge on any atom is -0.493 e. The fourth-order valence-corrected chi connectivity index (χ4v) is 3.43. The third-order valence-corrected chi connectivity index (χ3v) is 5.04. The van der Waals surface area contributed by atoms with E-state index in [2.05, 4.69) is 5.32 Å². The summed E-state index contributed by atoms with van der Waals surface area (Å²) in [5.41, 5.74) is 1.88. The number of hydrogen-bond donors (Lipinski definition) is 2. The first-order valence-electron chi connectivity index (χ1n) is 9.43. The number of aryl methyl sites for hydroxylation is 1. The Morgan fingerprint density at radius 1 is 1.00 bits per heavy atom. The Hall–Kier alpha value is -2.97. The zero-order valence-electron chi connectivity index (χ0n) is 16.9. The lowest BCUT2D eigenvalue weighted by Gasteiger charge is -2.12. The molecule has 0 radical (unpaired) electrons. The summed E-state index contributed by atoms with van der Waals surface area (Å²) in [5.74, 6) is 1.75. The van der Waals surface area contributed by atoms with Gasteiger partial charge in [0.2, 0.25) is 0 Å². The van der Waals surface area contributed by atoms with Gasteiger partial charge in [-0.1, -0.05) is 24.3 Å². The highest BCUT2D eigenvalue weighted by molar-refractivity contribution is 8.18. The summed E-state index contributed by atoms with van der Waals surface area (Å²) in [5, 5.41) is 10.1. The molecule has 1 aliphatic heterocycles. The van der Waals surface area contributed by atoms with Gasteiger partial charge >= 0.3 is 0 Å². The van der Waals surface area contributed by atoms with Crippen LogP contribution in [-0.2, 0) is 9.53 Å². The second-order valence-electron chi connectivity index (χ2n) is 6.38. The molecule has 2 aromatic rings. The maximum absolute atomic E-state index is 11.7. The van der Waals surface area contributed by atoms with Gasteiger partial charge in [0, 0.05) is 0 Å². The van der Waals surface area contributed by atoms with E-state index >= 15 is 0 Å².